The molecule has 0 saturated heterocycles. The molecule has 1 aliphatic rings. The third-order valence-electron chi connectivity index (χ3n) is 5.08. The van der Waals surface area contributed by atoms with Gasteiger partial charge in [-0.15, -0.1) is 0 Å². The summed E-state index contributed by atoms with van der Waals surface area (Å²) in [5, 5.41) is 17.6. The number of nitro groups is 1. The fourth-order valence-corrected chi connectivity index (χ4v) is 3.53. The topological polar surface area (TPSA) is 88.8 Å². The van der Waals surface area contributed by atoms with Crippen molar-refractivity contribution in [3.8, 4) is 0 Å². The number of benzene rings is 1. The second-order valence-electron chi connectivity index (χ2n) is 6.86. The van der Waals surface area contributed by atoms with Gasteiger partial charge in [-0.05, 0) is 37.2 Å². The maximum Gasteiger partial charge on any atom is 0.269 e. The first-order valence-corrected chi connectivity index (χ1v) is 9.34. The van der Waals surface area contributed by atoms with Gasteiger partial charge >= 0.3 is 0 Å². The molecule has 1 aliphatic carbocycles. The predicted molar refractivity (Wildman–Crippen MR) is 103 cm³/mol. The third-order valence-corrected chi connectivity index (χ3v) is 5.08. The van der Waals surface area contributed by atoms with Gasteiger partial charge in [-0.1, -0.05) is 25.0 Å². The molecule has 2 rings (SSSR count). The number of nitro benzene ring substituents is 1. The zero-order chi connectivity index (χ0) is 18.8. The van der Waals surface area contributed by atoms with Crippen LogP contribution in [0.25, 0.3) is 0 Å². The van der Waals surface area contributed by atoms with Gasteiger partial charge in [0.2, 0.25) is 0 Å². The molecule has 0 atom stereocenters. The van der Waals surface area contributed by atoms with Crippen LogP contribution < -0.4 is 10.6 Å². The van der Waals surface area contributed by atoms with Crippen molar-refractivity contribution in [2.75, 3.05) is 26.8 Å². The summed E-state index contributed by atoms with van der Waals surface area (Å²) in [7, 11) is 1.74. The van der Waals surface area contributed by atoms with Crippen LogP contribution in [0.5, 0.6) is 0 Å². The summed E-state index contributed by atoms with van der Waals surface area (Å²) in [4.78, 5) is 14.8. The number of rotatable bonds is 9. The summed E-state index contributed by atoms with van der Waals surface area (Å²) in [5.74, 6) is 0.721. The Morgan fingerprint density at radius 2 is 2.12 bits per heavy atom. The van der Waals surface area contributed by atoms with Crippen LogP contribution in [0.4, 0.5) is 5.69 Å². The van der Waals surface area contributed by atoms with Crippen molar-refractivity contribution in [1.82, 2.24) is 10.6 Å². The molecular weight excluding hydrogens is 332 g/mol. The molecule has 0 heterocycles. The summed E-state index contributed by atoms with van der Waals surface area (Å²) in [5.41, 5.74) is 1.24. The number of hydrogen-bond acceptors (Lipinski definition) is 4. The zero-order valence-electron chi connectivity index (χ0n) is 15.8. The molecule has 144 valence electrons. The van der Waals surface area contributed by atoms with E-state index in [1.54, 1.807) is 19.2 Å². The van der Waals surface area contributed by atoms with E-state index in [0.717, 1.165) is 37.7 Å². The average molecular weight is 362 g/mol. The van der Waals surface area contributed by atoms with E-state index in [9.17, 15) is 10.1 Å². The molecule has 1 aromatic rings. The Hall–Kier alpha value is -2.15. The molecule has 0 bridgehead atoms. The van der Waals surface area contributed by atoms with Gasteiger partial charge in [0.05, 0.1) is 4.92 Å². The normalized spacial score (nSPS) is 16.5. The zero-order valence-corrected chi connectivity index (χ0v) is 15.8. The fraction of sp³-hybridized carbons (Fsp3) is 0.632. The standard InChI is InChI=1S/C19H30N4O3/c1-3-26-12-11-19(9-4-5-10-19)15-22-18(20-2)21-14-16-7-6-8-17(13-16)23(24)25/h6-8,13H,3-5,9-12,14-15H2,1-2H3,(H2,20,21,22). The van der Waals surface area contributed by atoms with E-state index in [1.807, 2.05) is 13.0 Å². The first kappa shape index (κ1) is 20.2. The highest BCUT2D eigenvalue weighted by atomic mass is 16.6. The highest BCUT2D eigenvalue weighted by molar-refractivity contribution is 5.79. The van der Waals surface area contributed by atoms with E-state index in [-0.39, 0.29) is 16.0 Å². The molecular formula is C19H30N4O3. The number of nitrogens with one attached hydrogen (secondary N) is 2. The van der Waals surface area contributed by atoms with E-state index in [4.69, 9.17) is 4.74 Å². The van der Waals surface area contributed by atoms with E-state index >= 15 is 0 Å². The van der Waals surface area contributed by atoms with Gasteiger partial charge in [-0.25, -0.2) is 0 Å². The quantitative estimate of drug-likeness (QED) is 0.231. The molecule has 7 heteroatoms. The Morgan fingerprint density at radius 3 is 2.77 bits per heavy atom. The maximum absolute atomic E-state index is 10.9. The first-order chi connectivity index (χ1) is 12.6. The van der Waals surface area contributed by atoms with Gasteiger partial charge in [-0.2, -0.15) is 0 Å². The Bertz CT molecular complexity index is 613. The monoisotopic (exact) mass is 362 g/mol. The molecule has 7 nitrogen and oxygen atoms in total. The highest BCUT2D eigenvalue weighted by Gasteiger charge is 2.33. The third kappa shape index (κ3) is 5.98. The van der Waals surface area contributed by atoms with Gasteiger partial charge in [0, 0.05) is 45.5 Å². The molecule has 0 radical (unpaired) electrons. The van der Waals surface area contributed by atoms with Crippen LogP contribution in [0, 0.1) is 15.5 Å². The van der Waals surface area contributed by atoms with E-state index in [0.29, 0.717) is 6.54 Å². The Labute approximate surface area is 155 Å². The van der Waals surface area contributed by atoms with Crippen molar-refractivity contribution in [1.29, 1.82) is 0 Å². The lowest BCUT2D eigenvalue weighted by atomic mass is 9.83. The molecule has 1 aromatic carbocycles. The van der Waals surface area contributed by atoms with Crippen LogP contribution in [0.15, 0.2) is 29.3 Å². The maximum atomic E-state index is 10.9. The lowest BCUT2D eigenvalue weighted by molar-refractivity contribution is -0.384. The largest absolute Gasteiger partial charge is 0.382 e. The van der Waals surface area contributed by atoms with Gasteiger partial charge in [0.1, 0.15) is 0 Å². The summed E-state index contributed by atoms with van der Waals surface area (Å²) in [6.07, 6.45) is 6.04. The number of non-ortho nitro benzene ring substituents is 1. The predicted octanol–water partition coefficient (Wildman–Crippen LogP) is 3.25. The summed E-state index contributed by atoms with van der Waals surface area (Å²) in [6, 6.07) is 6.65. The molecule has 0 unspecified atom stereocenters. The van der Waals surface area contributed by atoms with Crippen molar-refractivity contribution in [3.63, 3.8) is 0 Å². The van der Waals surface area contributed by atoms with Crippen molar-refractivity contribution >= 4 is 11.6 Å². The Balaban J connectivity index is 1.86. The smallest absolute Gasteiger partial charge is 0.269 e. The van der Waals surface area contributed by atoms with E-state index in [1.165, 1.54) is 31.7 Å². The molecule has 0 spiro atoms. The van der Waals surface area contributed by atoms with Crippen LogP contribution >= 0.6 is 0 Å². The van der Waals surface area contributed by atoms with Crippen molar-refractivity contribution in [2.24, 2.45) is 10.4 Å². The molecule has 26 heavy (non-hydrogen) atoms. The molecule has 0 amide bonds. The number of nitrogens with zero attached hydrogens (tertiary/aromatic N) is 2. The second kappa shape index (κ2) is 10.1. The SMILES string of the molecule is CCOCCC1(CNC(=NC)NCc2cccc([N+](=O)[O-])c2)CCCC1. The number of hydrogen-bond donors (Lipinski definition) is 2. The van der Waals surface area contributed by atoms with Crippen molar-refractivity contribution < 1.29 is 9.66 Å². The fourth-order valence-electron chi connectivity index (χ4n) is 3.53. The van der Waals surface area contributed by atoms with Gasteiger partial charge in [0.25, 0.3) is 5.69 Å². The summed E-state index contributed by atoms with van der Waals surface area (Å²) in [6.45, 7) is 4.95. The van der Waals surface area contributed by atoms with Crippen LogP contribution in [-0.2, 0) is 11.3 Å². The van der Waals surface area contributed by atoms with Crippen molar-refractivity contribution in [2.45, 2.75) is 45.6 Å². The van der Waals surface area contributed by atoms with Crippen LogP contribution in [0.3, 0.4) is 0 Å². The molecule has 1 saturated carbocycles. The Morgan fingerprint density at radius 1 is 1.35 bits per heavy atom. The van der Waals surface area contributed by atoms with Gasteiger partial charge in [0.15, 0.2) is 5.96 Å². The minimum absolute atomic E-state index is 0.105. The molecule has 0 aromatic heterocycles. The van der Waals surface area contributed by atoms with Crippen LogP contribution in [-0.4, -0.2) is 37.7 Å². The van der Waals surface area contributed by atoms with Gasteiger partial charge in [-0.3, -0.25) is 15.1 Å². The van der Waals surface area contributed by atoms with Crippen LogP contribution in [0.1, 0.15) is 44.6 Å². The number of guanidine groups is 1. The Kier molecular flexibility index (Phi) is 7.84. The molecule has 1 fully saturated rings. The lowest BCUT2D eigenvalue weighted by Crippen LogP contribution is -2.43. The van der Waals surface area contributed by atoms with Gasteiger partial charge < -0.3 is 15.4 Å². The highest BCUT2D eigenvalue weighted by Crippen LogP contribution is 2.40. The molecule has 2 N–H and O–H groups in total. The minimum Gasteiger partial charge on any atom is -0.382 e. The van der Waals surface area contributed by atoms with E-state index < -0.39 is 0 Å². The first-order valence-electron chi connectivity index (χ1n) is 9.34. The lowest BCUT2D eigenvalue weighted by Gasteiger charge is -2.30. The summed E-state index contributed by atoms with van der Waals surface area (Å²) < 4.78 is 5.56. The van der Waals surface area contributed by atoms with E-state index in [2.05, 4.69) is 15.6 Å². The molecule has 0 aliphatic heterocycles. The summed E-state index contributed by atoms with van der Waals surface area (Å²) >= 11 is 0. The second-order valence-corrected chi connectivity index (χ2v) is 6.86. The minimum atomic E-state index is -0.376. The average Bonchev–Trinajstić information content (AvgIpc) is 3.11. The van der Waals surface area contributed by atoms with Crippen LogP contribution in [0.2, 0.25) is 0 Å². The van der Waals surface area contributed by atoms with Crippen molar-refractivity contribution in [3.05, 3.63) is 39.9 Å². The number of aliphatic imine (C=N–C) groups is 1. The number of ether oxygens (including phenoxy) is 1.